The largest absolute Gasteiger partial charge is 0.394 e. The molecule has 1 aromatic heterocycles. The molecule has 0 bridgehead atoms. The summed E-state index contributed by atoms with van der Waals surface area (Å²) in [6.45, 7) is 2.84. The van der Waals surface area contributed by atoms with Gasteiger partial charge in [-0.25, -0.2) is 4.79 Å². The highest BCUT2D eigenvalue weighted by Gasteiger charge is 2.28. The van der Waals surface area contributed by atoms with E-state index < -0.39 is 0 Å². The Kier molecular flexibility index (Phi) is 5.06. The molecule has 2 atom stereocenters. The van der Waals surface area contributed by atoms with Crippen LogP contribution in [0.3, 0.4) is 0 Å². The Labute approximate surface area is 120 Å². The van der Waals surface area contributed by atoms with Crippen LogP contribution in [-0.2, 0) is 13.5 Å². The molecular weight excluding hydrogens is 254 g/mol. The van der Waals surface area contributed by atoms with Crippen LogP contribution in [0.25, 0.3) is 0 Å². The molecule has 5 heteroatoms. The van der Waals surface area contributed by atoms with E-state index in [1.54, 1.807) is 4.90 Å². The number of aryl methyl sites for hydroxylation is 2. The molecule has 5 nitrogen and oxygen atoms in total. The van der Waals surface area contributed by atoms with Crippen molar-refractivity contribution in [1.82, 2.24) is 14.8 Å². The zero-order valence-electron chi connectivity index (χ0n) is 12.4. The lowest BCUT2D eigenvalue weighted by Gasteiger charge is -2.25. The lowest BCUT2D eigenvalue weighted by atomic mass is 10.1. The second kappa shape index (κ2) is 6.79. The smallest absolute Gasteiger partial charge is 0.317 e. The number of aromatic nitrogens is 1. The number of rotatable bonds is 5. The van der Waals surface area contributed by atoms with Crippen molar-refractivity contribution in [2.45, 2.75) is 44.7 Å². The number of aliphatic hydroxyl groups excluding tert-OH is 1. The minimum atomic E-state index is -0.0408. The van der Waals surface area contributed by atoms with Gasteiger partial charge in [0.15, 0.2) is 0 Å². The monoisotopic (exact) mass is 279 g/mol. The van der Waals surface area contributed by atoms with Crippen LogP contribution in [0.1, 0.15) is 31.9 Å². The average Bonchev–Trinajstić information content (AvgIpc) is 3.04. The highest BCUT2D eigenvalue weighted by molar-refractivity contribution is 5.75. The van der Waals surface area contributed by atoms with E-state index in [9.17, 15) is 9.90 Å². The van der Waals surface area contributed by atoms with Crippen LogP contribution in [0.5, 0.6) is 0 Å². The van der Waals surface area contributed by atoms with E-state index >= 15 is 0 Å². The maximum Gasteiger partial charge on any atom is 0.317 e. The van der Waals surface area contributed by atoms with Crippen molar-refractivity contribution in [2.24, 2.45) is 7.05 Å². The number of nitrogens with zero attached hydrogens (tertiary/aromatic N) is 2. The molecule has 112 valence electrons. The average molecular weight is 279 g/mol. The summed E-state index contributed by atoms with van der Waals surface area (Å²) in [6.07, 6.45) is 5.79. The van der Waals surface area contributed by atoms with E-state index in [0.29, 0.717) is 0 Å². The second-order valence-corrected chi connectivity index (χ2v) is 5.67. The molecule has 0 aliphatic carbocycles. The Bertz CT molecular complexity index is 444. The van der Waals surface area contributed by atoms with E-state index in [1.165, 1.54) is 5.69 Å². The molecule has 2 N–H and O–H groups in total. The Morgan fingerprint density at radius 3 is 3.05 bits per heavy atom. The molecule has 20 heavy (non-hydrogen) atoms. The molecule has 1 aliphatic heterocycles. The first kappa shape index (κ1) is 14.9. The van der Waals surface area contributed by atoms with E-state index in [4.69, 9.17) is 0 Å². The zero-order chi connectivity index (χ0) is 14.5. The van der Waals surface area contributed by atoms with E-state index in [-0.39, 0.29) is 24.7 Å². The van der Waals surface area contributed by atoms with Gasteiger partial charge in [0.2, 0.25) is 0 Å². The molecule has 2 unspecified atom stereocenters. The number of carbonyl (C=O) groups is 1. The summed E-state index contributed by atoms with van der Waals surface area (Å²) in [6, 6.07) is 4.24. The fraction of sp³-hybridized carbons (Fsp3) is 0.667. The van der Waals surface area contributed by atoms with Crippen molar-refractivity contribution in [1.29, 1.82) is 0 Å². The summed E-state index contributed by atoms with van der Waals surface area (Å²) in [5.41, 5.74) is 1.28. The first-order chi connectivity index (χ1) is 9.61. The van der Waals surface area contributed by atoms with Gasteiger partial charge in [-0.1, -0.05) is 0 Å². The van der Waals surface area contributed by atoms with Gasteiger partial charge in [-0.2, -0.15) is 0 Å². The predicted molar refractivity (Wildman–Crippen MR) is 78.5 cm³/mol. The lowest BCUT2D eigenvalue weighted by Crippen LogP contribution is -2.47. The third-order valence-electron chi connectivity index (χ3n) is 4.10. The highest BCUT2D eigenvalue weighted by Crippen LogP contribution is 2.16. The molecule has 0 saturated carbocycles. The molecule has 1 saturated heterocycles. The van der Waals surface area contributed by atoms with Crippen LogP contribution in [0.4, 0.5) is 4.79 Å². The number of hydrogen-bond acceptors (Lipinski definition) is 2. The van der Waals surface area contributed by atoms with Gasteiger partial charge in [-0.05, 0) is 44.7 Å². The Morgan fingerprint density at radius 2 is 2.40 bits per heavy atom. The maximum absolute atomic E-state index is 12.2. The normalized spacial score (nSPS) is 20.1. The summed E-state index contributed by atoms with van der Waals surface area (Å²) in [7, 11) is 2.04. The molecule has 2 heterocycles. The van der Waals surface area contributed by atoms with Crippen LogP contribution in [0.15, 0.2) is 18.3 Å². The molecule has 1 aromatic rings. The van der Waals surface area contributed by atoms with Gasteiger partial charge in [-0.15, -0.1) is 0 Å². The molecule has 2 amide bonds. The third-order valence-corrected chi connectivity index (χ3v) is 4.10. The molecule has 2 rings (SSSR count). The number of amides is 2. The van der Waals surface area contributed by atoms with Crippen LogP contribution >= 0.6 is 0 Å². The maximum atomic E-state index is 12.2. The minimum Gasteiger partial charge on any atom is -0.394 e. The van der Waals surface area contributed by atoms with E-state index in [2.05, 4.69) is 16.0 Å². The molecule has 0 aromatic carbocycles. The van der Waals surface area contributed by atoms with Crippen LogP contribution in [-0.4, -0.2) is 45.8 Å². The van der Waals surface area contributed by atoms with Gasteiger partial charge >= 0.3 is 6.03 Å². The SMILES string of the molecule is CC(CCc1cccn1C)NC(=O)N1CCCC1CO. The first-order valence-electron chi connectivity index (χ1n) is 7.40. The van der Waals surface area contributed by atoms with Gasteiger partial charge in [0, 0.05) is 31.5 Å². The van der Waals surface area contributed by atoms with Crippen LogP contribution in [0.2, 0.25) is 0 Å². The Balaban J connectivity index is 1.78. The number of likely N-dealkylation sites (tertiary alicyclic amines) is 1. The quantitative estimate of drug-likeness (QED) is 0.858. The van der Waals surface area contributed by atoms with Crippen LogP contribution in [0, 0.1) is 0 Å². The molecular formula is C15H25N3O2. The van der Waals surface area contributed by atoms with Gasteiger partial charge in [0.1, 0.15) is 0 Å². The molecule has 1 fully saturated rings. The van der Waals surface area contributed by atoms with Crippen molar-refractivity contribution in [3.63, 3.8) is 0 Å². The summed E-state index contributed by atoms with van der Waals surface area (Å²) in [4.78, 5) is 13.9. The zero-order valence-corrected chi connectivity index (χ0v) is 12.4. The number of carbonyl (C=O) groups excluding carboxylic acids is 1. The number of hydrogen-bond donors (Lipinski definition) is 2. The summed E-state index contributed by atoms with van der Waals surface area (Å²) in [5, 5.41) is 12.3. The third kappa shape index (κ3) is 3.54. The van der Waals surface area contributed by atoms with Gasteiger partial charge in [0.25, 0.3) is 0 Å². The molecule has 0 spiro atoms. The first-order valence-corrected chi connectivity index (χ1v) is 7.40. The predicted octanol–water partition coefficient (Wildman–Crippen LogP) is 1.51. The summed E-state index contributed by atoms with van der Waals surface area (Å²) >= 11 is 0. The summed E-state index contributed by atoms with van der Waals surface area (Å²) in [5.74, 6) is 0. The van der Waals surface area contributed by atoms with E-state index in [1.807, 2.05) is 26.2 Å². The van der Waals surface area contributed by atoms with Crippen molar-refractivity contribution in [3.05, 3.63) is 24.0 Å². The van der Waals surface area contributed by atoms with Gasteiger partial charge in [0.05, 0.1) is 12.6 Å². The van der Waals surface area contributed by atoms with Gasteiger partial charge < -0.3 is 19.9 Å². The van der Waals surface area contributed by atoms with Crippen molar-refractivity contribution < 1.29 is 9.90 Å². The standard InChI is InChI=1S/C15H25N3O2/c1-12(7-8-13-5-3-9-17(13)2)16-15(20)18-10-4-6-14(18)11-19/h3,5,9,12,14,19H,4,6-8,10-11H2,1-2H3,(H,16,20). The fourth-order valence-corrected chi connectivity index (χ4v) is 2.78. The highest BCUT2D eigenvalue weighted by atomic mass is 16.3. The minimum absolute atomic E-state index is 0.00456. The molecule has 0 radical (unpaired) electrons. The number of urea groups is 1. The Morgan fingerprint density at radius 1 is 1.60 bits per heavy atom. The number of aliphatic hydroxyl groups is 1. The number of nitrogens with one attached hydrogen (secondary N) is 1. The second-order valence-electron chi connectivity index (χ2n) is 5.67. The van der Waals surface area contributed by atoms with Crippen molar-refractivity contribution in [2.75, 3.05) is 13.2 Å². The lowest BCUT2D eigenvalue weighted by molar-refractivity contribution is 0.154. The van der Waals surface area contributed by atoms with Crippen molar-refractivity contribution >= 4 is 6.03 Å². The van der Waals surface area contributed by atoms with E-state index in [0.717, 1.165) is 32.2 Å². The molecule has 1 aliphatic rings. The van der Waals surface area contributed by atoms with Crippen molar-refractivity contribution in [3.8, 4) is 0 Å². The topological polar surface area (TPSA) is 57.5 Å². The van der Waals surface area contributed by atoms with Crippen LogP contribution < -0.4 is 5.32 Å². The fourth-order valence-electron chi connectivity index (χ4n) is 2.78. The Hall–Kier alpha value is -1.49. The summed E-state index contributed by atoms with van der Waals surface area (Å²) < 4.78 is 2.11. The van der Waals surface area contributed by atoms with Gasteiger partial charge in [-0.3, -0.25) is 0 Å².